The molecule has 21 heavy (non-hydrogen) atoms. The number of anilines is 1. The molecule has 1 amide bonds. The second kappa shape index (κ2) is 8.70. The zero-order valence-electron chi connectivity index (χ0n) is 11.6. The van der Waals surface area contributed by atoms with Crippen molar-refractivity contribution in [1.82, 2.24) is 4.98 Å². The van der Waals surface area contributed by atoms with Crippen LogP contribution >= 0.6 is 23.4 Å². The highest BCUT2D eigenvalue weighted by molar-refractivity contribution is 7.99. The minimum absolute atomic E-state index is 0.00608. The van der Waals surface area contributed by atoms with Crippen LogP contribution in [0.2, 0.25) is 5.02 Å². The number of benzene rings is 1. The van der Waals surface area contributed by atoms with E-state index in [1.807, 2.05) is 30.3 Å². The highest BCUT2D eigenvalue weighted by Gasteiger charge is 2.05. The molecule has 0 bridgehead atoms. The summed E-state index contributed by atoms with van der Waals surface area (Å²) in [4.78, 5) is 16.1. The number of para-hydroxylation sites is 1. The number of hydrogen-bond donors (Lipinski definition) is 1. The number of rotatable bonds is 7. The molecular formula is C16H17ClN2OS. The average Bonchev–Trinajstić information content (AvgIpc) is 2.50. The molecule has 0 spiro atoms. The number of nitrogens with zero attached hydrogens (tertiary/aromatic N) is 1. The molecule has 1 aromatic carbocycles. The first-order valence-electron chi connectivity index (χ1n) is 6.78. The van der Waals surface area contributed by atoms with Crippen molar-refractivity contribution >= 4 is 35.0 Å². The number of amides is 1. The Morgan fingerprint density at radius 2 is 1.95 bits per heavy atom. The van der Waals surface area contributed by atoms with Gasteiger partial charge in [0.15, 0.2) is 0 Å². The molecule has 2 rings (SSSR count). The summed E-state index contributed by atoms with van der Waals surface area (Å²) in [5, 5.41) is 3.39. The Labute approximate surface area is 134 Å². The van der Waals surface area contributed by atoms with Crippen LogP contribution in [0, 0.1) is 0 Å². The zero-order valence-corrected chi connectivity index (χ0v) is 13.2. The number of carbonyl (C=O) groups is 1. The molecule has 1 aromatic heterocycles. The zero-order chi connectivity index (χ0) is 14.9. The number of halogens is 1. The van der Waals surface area contributed by atoms with Crippen LogP contribution in [0.15, 0.2) is 48.7 Å². The summed E-state index contributed by atoms with van der Waals surface area (Å²) >= 11 is 7.75. The molecule has 0 fully saturated rings. The Hall–Kier alpha value is -1.52. The highest BCUT2D eigenvalue weighted by Crippen LogP contribution is 2.20. The van der Waals surface area contributed by atoms with Gasteiger partial charge in [0.25, 0.3) is 0 Å². The quantitative estimate of drug-likeness (QED) is 0.783. The van der Waals surface area contributed by atoms with Gasteiger partial charge in [-0.15, -0.1) is 0 Å². The van der Waals surface area contributed by atoms with E-state index < -0.39 is 0 Å². The molecule has 0 aliphatic carbocycles. The fraction of sp³-hybridized carbons (Fsp3) is 0.250. The van der Waals surface area contributed by atoms with E-state index in [9.17, 15) is 4.79 Å². The Morgan fingerprint density at radius 3 is 2.71 bits per heavy atom. The number of hydrogen-bond acceptors (Lipinski definition) is 3. The minimum Gasteiger partial charge on any atom is -0.325 e. The number of pyridine rings is 1. The van der Waals surface area contributed by atoms with Crippen molar-refractivity contribution in [3.8, 4) is 0 Å². The standard InChI is InChI=1S/C16H17ClN2OS/c17-14-6-1-2-7-15(14)19-16(20)9-12-21-11-8-13-5-3-4-10-18-13/h1-7,10H,8-9,11-12H2,(H,19,20). The molecule has 1 heterocycles. The molecular weight excluding hydrogens is 304 g/mol. The van der Waals surface area contributed by atoms with Gasteiger partial charge >= 0.3 is 0 Å². The summed E-state index contributed by atoms with van der Waals surface area (Å²) in [7, 11) is 0. The topological polar surface area (TPSA) is 42.0 Å². The van der Waals surface area contributed by atoms with E-state index >= 15 is 0 Å². The Kier molecular flexibility index (Phi) is 6.57. The molecule has 5 heteroatoms. The Balaban J connectivity index is 1.63. The van der Waals surface area contributed by atoms with Gasteiger partial charge in [-0.05, 0) is 36.4 Å². The van der Waals surface area contributed by atoms with Gasteiger partial charge in [0.05, 0.1) is 10.7 Å². The lowest BCUT2D eigenvalue weighted by Crippen LogP contribution is -2.12. The largest absolute Gasteiger partial charge is 0.325 e. The third-order valence-electron chi connectivity index (χ3n) is 2.85. The van der Waals surface area contributed by atoms with Gasteiger partial charge in [-0.25, -0.2) is 0 Å². The molecule has 0 radical (unpaired) electrons. The Bertz CT molecular complexity index is 577. The van der Waals surface area contributed by atoms with Gasteiger partial charge in [-0.3, -0.25) is 9.78 Å². The fourth-order valence-corrected chi connectivity index (χ4v) is 2.84. The van der Waals surface area contributed by atoms with Crippen LogP contribution in [-0.2, 0) is 11.2 Å². The summed E-state index contributed by atoms with van der Waals surface area (Å²) in [6.07, 6.45) is 3.22. The van der Waals surface area contributed by atoms with Crippen molar-refractivity contribution in [3.63, 3.8) is 0 Å². The second-order valence-corrected chi connectivity index (χ2v) is 6.09. The van der Waals surface area contributed by atoms with Crippen molar-refractivity contribution < 1.29 is 4.79 Å². The summed E-state index contributed by atoms with van der Waals surface area (Å²) in [5.74, 6) is 1.76. The van der Waals surface area contributed by atoms with Crippen LogP contribution in [0.5, 0.6) is 0 Å². The first-order valence-corrected chi connectivity index (χ1v) is 8.31. The summed E-state index contributed by atoms with van der Waals surface area (Å²) < 4.78 is 0. The normalized spacial score (nSPS) is 10.3. The maximum atomic E-state index is 11.8. The van der Waals surface area contributed by atoms with Crippen LogP contribution in [0.4, 0.5) is 5.69 Å². The van der Waals surface area contributed by atoms with Crippen molar-refractivity contribution in [2.75, 3.05) is 16.8 Å². The molecule has 0 atom stereocenters. The van der Waals surface area contributed by atoms with Crippen LogP contribution in [-0.4, -0.2) is 22.4 Å². The number of aryl methyl sites for hydroxylation is 1. The predicted octanol–water partition coefficient (Wildman–Crippen LogP) is 4.04. The van der Waals surface area contributed by atoms with Gasteiger partial charge in [-0.1, -0.05) is 29.8 Å². The molecule has 0 aliphatic heterocycles. The molecule has 110 valence electrons. The second-order valence-electron chi connectivity index (χ2n) is 4.46. The van der Waals surface area contributed by atoms with Gasteiger partial charge in [-0.2, -0.15) is 11.8 Å². The number of carbonyl (C=O) groups excluding carboxylic acids is 1. The summed E-state index contributed by atoms with van der Waals surface area (Å²) in [5.41, 5.74) is 1.76. The lowest BCUT2D eigenvalue weighted by Gasteiger charge is -2.06. The molecule has 3 nitrogen and oxygen atoms in total. The minimum atomic E-state index is -0.00608. The molecule has 0 saturated carbocycles. The van der Waals surface area contributed by atoms with Crippen LogP contribution in [0.25, 0.3) is 0 Å². The molecule has 0 saturated heterocycles. The van der Waals surface area contributed by atoms with Crippen molar-refractivity contribution in [3.05, 3.63) is 59.4 Å². The van der Waals surface area contributed by atoms with Crippen LogP contribution in [0.3, 0.4) is 0 Å². The highest BCUT2D eigenvalue weighted by atomic mass is 35.5. The van der Waals surface area contributed by atoms with E-state index in [1.54, 1.807) is 30.1 Å². The number of thioether (sulfide) groups is 1. The third kappa shape index (κ3) is 5.78. The van der Waals surface area contributed by atoms with E-state index in [4.69, 9.17) is 11.6 Å². The van der Waals surface area contributed by atoms with E-state index in [0.29, 0.717) is 17.1 Å². The molecule has 1 N–H and O–H groups in total. The molecule has 2 aromatic rings. The predicted molar refractivity (Wildman–Crippen MR) is 90.0 cm³/mol. The molecule has 0 aliphatic rings. The van der Waals surface area contributed by atoms with E-state index in [-0.39, 0.29) is 5.91 Å². The summed E-state index contributed by atoms with van der Waals surface area (Å²) in [6.45, 7) is 0. The van der Waals surface area contributed by atoms with Crippen molar-refractivity contribution in [2.24, 2.45) is 0 Å². The number of nitrogens with one attached hydrogen (secondary N) is 1. The fourth-order valence-electron chi connectivity index (χ4n) is 1.76. The van der Waals surface area contributed by atoms with Crippen molar-refractivity contribution in [2.45, 2.75) is 12.8 Å². The maximum Gasteiger partial charge on any atom is 0.225 e. The van der Waals surface area contributed by atoms with Crippen LogP contribution < -0.4 is 5.32 Å². The van der Waals surface area contributed by atoms with Gasteiger partial charge in [0.2, 0.25) is 5.91 Å². The van der Waals surface area contributed by atoms with Gasteiger partial charge < -0.3 is 5.32 Å². The monoisotopic (exact) mass is 320 g/mol. The van der Waals surface area contributed by atoms with Crippen molar-refractivity contribution in [1.29, 1.82) is 0 Å². The van der Waals surface area contributed by atoms with Crippen LogP contribution in [0.1, 0.15) is 12.1 Å². The van der Waals surface area contributed by atoms with E-state index in [2.05, 4.69) is 10.3 Å². The first-order chi connectivity index (χ1) is 10.3. The SMILES string of the molecule is O=C(CCSCCc1ccccn1)Nc1ccccc1Cl. The maximum absolute atomic E-state index is 11.8. The summed E-state index contributed by atoms with van der Waals surface area (Å²) in [6, 6.07) is 13.2. The third-order valence-corrected chi connectivity index (χ3v) is 4.17. The smallest absolute Gasteiger partial charge is 0.225 e. The lowest BCUT2D eigenvalue weighted by atomic mass is 10.3. The average molecular weight is 321 g/mol. The lowest BCUT2D eigenvalue weighted by molar-refractivity contribution is -0.115. The number of aromatic nitrogens is 1. The Morgan fingerprint density at radius 1 is 1.14 bits per heavy atom. The molecule has 0 unspecified atom stereocenters. The van der Waals surface area contributed by atoms with E-state index in [1.165, 1.54) is 0 Å². The van der Waals surface area contributed by atoms with E-state index in [0.717, 1.165) is 23.6 Å². The first kappa shape index (κ1) is 15.9. The van der Waals surface area contributed by atoms with Gasteiger partial charge in [0, 0.05) is 24.1 Å². The van der Waals surface area contributed by atoms with Gasteiger partial charge in [0.1, 0.15) is 0 Å².